The van der Waals surface area contributed by atoms with Gasteiger partial charge < -0.3 is 4.57 Å². The van der Waals surface area contributed by atoms with Crippen LogP contribution < -0.4 is 0 Å². The van der Waals surface area contributed by atoms with Crippen molar-refractivity contribution in [1.29, 1.82) is 0 Å². The third kappa shape index (κ3) is 4.06. The summed E-state index contributed by atoms with van der Waals surface area (Å²) in [7, 11) is 0. The minimum atomic E-state index is -4.58. The number of alkyl halides is 3. The number of fused-ring (bicyclic) bond motifs is 1. The van der Waals surface area contributed by atoms with Gasteiger partial charge >= 0.3 is 6.18 Å². The monoisotopic (exact) mass is 450 g/mol. The zero-order valence-corrected chi connectivity index (χ0v) is 17.7. The van der Waals surface area contributed by atoms with E-state index in [1.165, 1.54) is 29.0 Å². The molecular formula is C24H21F3N6. The molecule has 168 valence electrons. The maximum atomic E-state index is 13.2. The Hall–Kier alpha value is -3.75. The van der Waals surface area contributed by atoms with E-state index in [1.807, 2.05) is 21.9 Å². The molecule has 3 aromatic heterocycles. The van der Waals surface area contributed by atoms with Crippen molar-refractivity contribution >= 4 is 6.08 Å². The Kier molecular flexibility index (Phi) is 5.32. The molecule has 33 heavy (non-hydrogen) atoms. The maximum Gasteiger partial charge on any atom is 0.435 e. The first-order valence-corrected chi connectivity index (χ1v) is 10.6. The molecular weight excluding hydrogens is 429 g/mol. The van der Waals surface area contributed by atoms with Gasteiger partial charge in [-0.3, -0.25) is 10.1 Å². The van der Waals surface area contributed by atoms with Gasteiger partial charge in [0.15, 0.2) is 5.69 Å². The van der Waals surface area contributed by atoms with Crippen LogP contribution in [0.1, 0.15) is 41.1 Å². The van der Waals surface area contributed by atoms with E-state index in [-0.39, 0.29) is 11.3 Å². The third-order valence-electron chi connectivity index (χ3n) is 6.08. The number of hydrogen-bond acceptors (Lipinski definition) is 4. The van der Waals surface area contributed by atoms with E-state index in [2.05, 4.69) is 45.1 Å². The quantitative estimate of drug-likeness (QED) is 0.435. The van der Waals surface area contributed by atoms with Crippen molar-refractivity contribution in [2.24, 2.45) is 0 Å². The molecule has 1 atom stereocenters. The predicted octanol–water partition coefficient (Wildman–Crippen LogP) is 5.51. The maximum absolute atomic E-state index is 13.2. The van der Waals surface area contributed by atoms with Crippen LogP contribution in [0.3, 0.4) is 0 Å². The highest BCUT2D eigenvalue weighted by Crippen LogP contribution is 2.36. The van der Waals surface area contributed by atoms with Crippen LogP contribution in [0.15, 0.2) is 55.6 Å². The van der Waals surface area contributed by atoms with Crippen molar-refractivity contribution in [3.8, 4) is 22.6 Å². The topological polar surface area (TPSA) is 72.3 Å². The van der Waals surface area contributed by atoms with Gasteiger partial charge in [0.25, 0.3) is 0 Å². The zero-order valence-electron chi connectivity index (χ0n) is 17.7. The minimum absolute atomic E-state index is 0.262. The van der Waals surface area contributed by atoms with E-state index in [4.69, 9.17) is 0 Å². The predicted molar refractivity (Wildman–Crippen MR) is 118 cm³/mol. The van der Waals surface area contributed by atoms with Gasteiger partial charge in [-0.05, 0) is 48.1 Å². The first kappa shape index (κ1) is 21.1. The Balaban J connectivity index is 1.41. The Labute approximate surface area is 188 Å². The molecule has 1 aliphatic rings. The molecule has 3 heterocycles. The lowest BCUT2D eigenvalue weighted by atomic mass is 9.80. The lowest BCUT2D eigenvalue weighted by Gasteiger charge is -2.27. The van der Waals surface area contributed by atoms with Crippen LogP contribution in [-0.4, -0.2) is 29.9 Å². The molecule has 0 radical (unpaired) electrons. The van der Waals surface area contributed by atoms with Crippen molar-refractivity contribution in [2.45, 2.75) is 37.9 Å². The van der Waals surface area contributed by atoms with Gasteiger partial charge in [0.1, 0.15) is 11.4 Å². The SMILES string of the molecule is C=Cc1cccc2c1CCC[C@H]2Cn1cnc(-c2cc(-c3nn[nH]c3C(F)(F)F)ccn2)c1. The van der Waals surface area contributed by atoms with E-state index in [0.717, 1.165) is 25.8 Å². The van der Waals surface area contributed by atoms with Crippen molar-refractivity contribution < 1.29 is 13.2 Å². The average Bonchev–Trinajstić information content (AvgIpc) is 3.49. The Morgan fingerprint density at radius 3 is 2.88 bits per heavy atom. The Morgan fingerprint density at radius 2 is 2.06 bits per heavy atom. The van der Waals surface area contributed by atoms with Crippen molar-refractivity contribution in [2.75, 3.05) is 0 Å². The van der Waals surface area contributed by atoms with Crippen molar-refractivity contribution in [3.05, 3.63) is 78.0 Å². The van der Waals surface area contributed by atoms with Crippen LogP contribution in [0.5, 0.6) is 0 Å². The molecule has 0 saturated heterocycles. The van der Waals surface area contributed by atoms with E-state index >= 15 is 0 Å². The summed E-state index contributed by atoms with van der Waals surface area (Å²) < 4.78 is 41.7. The van der Waals surface area contributed by atoms with Gasteiger partial charge in [-0.2, -0.15) is 13.2 Å². The van der Waals surface area contributed by atoms with Gasteiger partial charge in [-0.1, -0.05) is 36.1 Å². The highest BCUT2D eigenvalue weighted by Gasteiger charge is 2.37. The second kappa shape index (κ2) is 8.31. The third-order valence-corrected chi connectivity index (χ3v) is 6.08. The smallest absolute Gasteiger partial charge is 0.336 e. The highest BCUT2D eigenvalue weighted by molar-refractivity contribution is 5.67. The van der Waals surface area contributed by atoms with E-state index in [9.17, 15) is 13.2 Å². The molecule has 4 aromatic rings. The number of rotatable bonds is 5. The summed E-state index contributed by atoms with van der Waals surface area (Å²) in [5.74, 6) is 0.361. The summed E-state index contributed by atoms with van der Waals surface area (Å²) in [5.41, 5.74) is 3.99. The number of aromatic nitrogens is 6. The second-order valence-corrected chi connectivity index (χ2v) is 8.13. The number of aromatic amines is 1. The summed E-state index contributed by atoms with van der Waals surface area (Å²) in [6.45, 7) is 4.70. The van der Waals surface area contributed by atoms with Crippen LogP contribution in [0.4, 0.5) is 13.2 Å². The first-order valence-electron chi connectivity index (χ1n) is 10.6. The Morgan fingerprint density at radius 1 is 1.18 bits per heavy atom. The standard InChI is InChI=1S/C24H21F3N6/c1-2-15-5-3-8-19-17(6-4-7-18(15)19)12-33-13-21(29-14-33)20-11-16(9-10-28-20)22-23(24(25,26)27)31-32-30-22/h2-3,5,8-11,13-14,17H,1,4,6-7,12H2,(H,30,31,32)/t17-/m0/s1. The summed E-state index contributed by atoms with van der Waals surface area (Å²) in [6.07, 6.45) is 5.67. The van der Waals surface area contributed by atoms with Crippen LogP contribution in [0.25, 0.3) is 28.7 Å². The highest BCUT2D eigenvalue weighted by atomic mass is 19.4. The fourth-order valence-corrected chi connectivity index (χ4v) is 4.55. The second-order valence-electron chi connectivity index (χ2n) is 8.13. The van der Waals surface area contributed by atoms with Gasteiger partial charge in [0.05, 0.1) is 12.0 Å². The minimum Gasteiger partial charge on any atom is -0.336 e. The number of benzene rings is 1. The zero-order chi connectivity index (χ0) is 23.0. The summed E-state index contributed by atoms with van der Waals surface area (Å²) >= 11 is 0. The number of nitrogens with one attached hydrogen (secondary N) is 1. The van der Waals surface area contributed by atoms with Crippen molar-refractivity contribution in [1.82, 2.24) is 29.9 Å². The largest absolute Gasteiger partial charge is 0.435 e. The molecule has 1 N–H and O–H groups in total. The number of imidazole rings is 1. The molecule has 5 rings (SSSR count). The van der Waals surface area contributed by atoms with Crippen molar-refractivity contribution in [3.63, 3.8) is 0 Å². The normalized spacial score (nSPS) is 15.9. The van der Waals surface area contributed by atoms with Crippen LogP contribution in [0, 0.1) is 0 Å². The average molecular weight is 450 g/mol. The number of nitrogens with zero attached hydrogens (tertiary/aromatic N) is 5. The molecule has 1 aliphatic carbocycles. The molecule has 0 unspecified atom stereocenters. The van der Waals surface area contributed by atoms with Crippen LogP contribution in [0.2, 0.25) is 0 Å². The molecule has 9 heteroatoms. The van der Waals surface area contributed by atoms with Gasteiger partial charge in [0.2, 0.25) is 0 Å². The van der Waals surface area contributed by atoms with Crippen LogP contribution in [-0.2, 0) is 19.1 Å². The Bertz CT molecular complexity index is 1300. The molecule has 0 amide bonds. The van der Waals surface area contributed by atoms with Gasteiger partial charge in [0, 0.05) is 30.4 Å². The fourth-order valence-electron chi connectivity index (χ4n) is 4.55. The molecule has 1 aromatic carbocycles. The lowest BCUT2D eigenvalue weighted by molar-refractivity contribution is -0.140. The van der Waals surface area contributed by atoms with Gasteiger partial charge in [-0.25, -0.2) is 4.98 Å². The molecule has 6 nitrogen and oxygen atoms in total. The lowest BCUT2D eigenvalue weighted by Crippen LogP contribution is -2.15. The first-order chi connectivity index (χ1) is 15.9. The summed E-state index contributed by atoms with van der Waals surface area (Å²) in [6, 6.07) is 9.38. The van der Waals surface area contributed by atoms with Crippen LogP contribution >= 0.6 is 0 Å². The summed E-state index contributed by atoms with van der Waals surface area (Å²) in [5, 5.41) is 8.88. The number of pyridine rings is 1. The summed E-state index contributed by atoms with van der Waals surface area (Å²) in [4.78, 5) is 8.76. The van der Waals surface area contributed by atoms with E-state index in [1.54, 1.807) is 12.4 Å². The fraction of sp³-hybridized carbons (Fsp3) is 0.250. The van der Waals surface area contributed by atoms with E-state index < -0.39 is 11.9 Å². The molecule has 0 fully saturated rings. The molecule has 0 spiro atoms. The molecule has 0 bridgehead atoms. The molecule has 0 saturated carbocycles. The van der Waals surface area contributed by atoms with E-state index in [0.29, 0.717) is 17.3 Å². The molecule has 0 aliphatic heterocycles. The number of H-pyrrole nitrogens is 1. The number of halogens is 3. The van der Waals surface area contributed by atoms with Gasteiger partial charge in [-0.15, -0.1) is 5.10 Å². The number of hydrogen-bond donors (Lipinski definition) is 1.